The Kier molecular flexibility index (Phi) is 5.43. The van der Waals surface area contributed by atoms with E-state index >= 15 is 0 Å². The molecule has 0 unspecified atom stereocenters. The fourth-order valence-electron chi connectivity index (χ4n) is 2.48. The number of methoxy groups -OCH3 is 2. The summed E-state index contributed by atoms with van der Waals surface area (Å²) in [7, 11) is 3.12. The number of aromatic nitrogens is 2. The highest BCUT2D eigenvalue weighted by atomic mass is 16.5. The zero-order valence-electron chi connectivity index (χ0n) is 14.5. The molecule has 0 amide bonds. The Morgan fingerprint density at radius 1 is 1.04 bits per heavy atom. The largest absolute Gasteiger partial charge is 0.497 e. The van der Waals surface area contributed by atoms with Crippen LogP contribution in [-0.2, 0) is 6.61 Å². The van der Waals surface area contributed by atoms with Gasteiger partial charge in [0.05, 0.1) is 31.7 Å². The summed E-state index contributed by atoms with van der Waals surface area (Å²) in [6.07, 6.45) is 3.92. The quantitative estimate of drug-likeness (QED) is 0.607. The lowest BCUT2D eigenvalue weighted by Crippen LogP contribution is -2.02. The third kappa shape index (κ3) is 3.80. The lowest BCUT2D eigenvalue weighted by atomic mass is 10.1. The van der Waals surface area contributed by atoms with Gasteiger partial charge in [-0.2, -0.15) is 0 Å². The van der Waals surface area contributed by atoms with Gasteiger partial charge in [0.2, 0.25) is 5.88 Å². The molecule has 0 spiro atoms. The number of nitrogens with zero attached hydrogens (tertiary/aromatic N) is 2. The van der Waals surface area contributed by atoms with Gasteiger partial charge in [-0.3, -0.25) is 9.78 Å². The van der Waals surface area contributed by atoms with Crippen molar-refractivity contribution in [2.75, 3.05) is 14.2 Å². The topological polar surface area (TPSA) is 70.5 Å². The maximum atomic E-state index is 11.3. The minimum absolute atomic E-state index is 0.254. The summed E-state index contributed by atoms with van der Waals surface area (Å²) in [5, 5.41) is 0. The summed E-state index contributed by atoms with van der Waals surface area (Å²) < 4.78 is 16.0. The van der Waals surface area contributed by atoms with Gasteiger partial charge in [-0.05, 0) is 30.3 Å². The van der Waals surface area contributed by atoms with E-state index in [1.807, 2.05) is 36.4 Å². The fraction of sp³-hybridized carbons (Fsp3) is 0.150. The zero-order valence-corrected chi connectivity index (χ0v) is 14.5. The van der Waals surface area contributed by atoms with E-state index in [-0.39, 0.29) is 6.61 Å². The minimum atomic E-state index is 0.254. The van der Waals surface area contributed by atoms with Crippen LogP contribution in [0.2, 0.25) is 0 Å². The van der Waals surface area contributed by atoms with E-state index in [1.54, 1.807) is 13.3 Å². The zero-order chi connectivity index (χ0) is 18.4. The van der Waals surface area contributed by atoms with Crippen molar-refractivity contribution >= 4 is 6.29 Å². The summed E-state index contributed by atoms with van der Waals surface area (Å²) in [5.41, 5.74) is 3.04. The fourth-order valence-corrected chi connectivity index (χ4v) is 2.48. The molecule has 0 saturated carbocycles. The van der Waals surface area contributed by atoms with Crippen LogP contribution in [0, 0.1) is 0 Å². The summed E-state index contributed by atoms with van der Waals surface area (Å²) in [6.45, 7) is 0.254. The summed E-state index contributed by atoms with van der Waals surface area (Å²) >= 11 is 0. The number of benzene rings is 1. The molecule has 0 aliphatic heterocycles. The molecule has 2 heterocycles. The molecule has 1 aromatic carbocycles. The van der Waals surface area contributed by atoms with Crippen molar-refractivity contribution in [3.8, 4) is 28.6 Å². The second kappa shape index (κ2) is 8.11. The third-order valence-corrected chi connectivity index (χ3v) is 3.85. The maximum Gasteiger partial charge on any atom is 0.213 e. The highest BCUT2D eigenvalue weighted by molar-refractivity contribution is 5.79. The van der Waals surface area contributed by atoms with Crippen molar-refractivity contribution in [1.82, 2.24) is 9.97 Å². The van der Waals surface area contributed by atoms with E-state index in [2.05, 4.69) is 9.97 Å². The van der Waals surface area contributed by atoms with E-state index in [0.29, 0.717) is 23.5 Å². The molecular formula is C20H18N2O4. The first-order valence-corrected chi connectivity index (χ1v) is 7.95. The van der Waals surface area contributed by atoms with Crippen molar-refractivity contribution in [1.29, 1.82) is 0 Å². The summed E-state index contributed by atoms with van der Waals surface area (Å²) in [6, 6.07) is 13.0. The second-order valence-electron chi connectivity index (χ2n) is 5.41. The van der Waals surface area contributed by atoms with Gasteiger partial charge in [-0.25, -0.2) is 4.98 Å². The predicted octanol–water partition coefficient (Wildman–Crippen LogP) is 3.55. The van der Waals surface area contributed by atoms with Crippen molar-refractivity contribution in [3.63, 3.8) is 0 Å². The smallest absolute Gasteiger partial charge is 0.213 e. The van der Waals surface area contributed by atoms with Gasteiger partial charge < -0.3 is 14.2 Å². The highest BCUT2D eigenvalue weighted by Crippen LogP contribution is 2.26. The predicted molar refractivity (Wildman–Crippen MR) is 96.7 cm³/mol. The molecule has 0 aliphatic carbocycles. The van der Waals surface area contributed by atoms with E-state index in [9.17, 15) is 4.79 Å². The highest BCUT2D eigenvalue weighted by Gasteiger charge is 2.10. The van der Waals surface area contributed by atoms with Crippen LogP contribution in [-0.4, -0.2) is 30.5 Å². The molecule has 0 radical (unpaired) electrons. The average Bonchev–Trinajstić information content (AvgIpc) is 2.72. The molecule has 0 N–H and O–H groups in total. The van der Waals surface area contributed by atoms with Crippen molar-refractivity contribution in [3.05, 3.63) is 66.0 Å². The average molecular weight is 350 g/mol. The van der Waals surface area contributed by atoms with Crippen LogP contribution in [0.5, 0.6) is 17.4 Å². The normalized spacial score (nSPS) is 10.2. The summed E-state index contributed by atoms with van der Waals surface area (Å²) in [4.78, 5) is 19.8. The number of aldehydes is 1. The van der Waals surface area contributed by atoms with Gasteiger partial charge in [0.25, 0.3) is 0 Å². The van der Waals surface area contributed by atoms with Gasteiger partial charge >= 0.3 is 0 Å². The monoisotopic (exact) mass is 350 g/mol. The number of rotatable bonds is 7. The SMILES string of the molecule is COc1ccc(-c2ncccc2COc2cnc(OC)cc2C=O)cc1. The number of carbonyl (C=O) groups excluding carboxylic acids is 1. The van der Waals surface area contributed by atoms with Crippen LogP contribution >= 0.6 is 0 Å². The lowest BCUT2D eigenvalue weighted by molar-refractivity contribution is 0.111. The van der Waals surface area contributed by atoms with Crippen LogP contribution < -0.4 is 14.2 Å². The van der Waals surface area contributed by atoms with Gasteiger partial charge in [-0.1, -0.05) is 6.07 Å². The summed E-state index contributed by atoms with van der Waals surface area (Å²) in [5.74, 6) is 1.53. The first kappa shape index (κ1) is 17.4. The Labute approximate surface area is 151 Å². The molecule has 3 rings (SSSR count). The maximum absolute atomic E-state index is 11.3. The van der Waals surface area contributed by atoms with Gasteiger partial charge in [0.15, 0.2) is 6.29 Å². The van der Waals surface area contributed by atoms with Crippen LogP contribution in [0.1, 0.15) is 15.9 Å². The Morgan fingerprint density at radius 3 is 2.54 bits per heavy atom. The van der Waals surface area contributed by atoms with E-state index in [1.165, 1.54) is 19.4 Å². The van der Waals surface area contributed by atoms with Gasteiger partial charge in [-0.15, -0.1) is 0 Å². The second-order valence-corrected chi connectivity index (χ2v) is 5.41. The molecule has 0 atom stereocenters. The van der Waals surface area contributed by atoms with Crippen LogP contribution in [0.3, 0.4) is 0 Å². The standard InChI is InChI=1S/C20H18N2O4/c1-24-17-7-5-14(6-8-17)20-15(4-3-9-21-20)13-26-18-11-22-19(25-2)10-16(18)12-23/h3-12H,13H2,1-2H3. The number of hydrogen-bond donors (Lipinski definition) is 0. The van der Waals surface area contributed by atoms with Gasteiger partial charge in [0, 0.05) is 23.4 Å². The van der Waals surface area contributed by atoms with E-state index < -0.39 is 0 Å². The van der Waals surface area contributed by atoms with Crippen molar-refractivity contribution in [2.45, 2.75) is 6.61 Å². The first-order valence-electron chi connectivity index (χ1n) is 7.95. The number of pyridine rings is 2. The minimum Gasteiger partial charge on any atom is -0.497 e. The molecular weight excluding hydrogens is 332 g/mol. The van der Waals surface area contributed by atoms with Crippen LogP contribution in [0.15, 0.2) is 54.9 Å². The van der Waals surface area contributed by atoms with E-state index in [4.69, 9.17) is 14.2 Å². The van der Waals surface area contributed by atoms with Crippen LogP contribution in [0.25, 0.3) is 11.3 Å². The Balaban J connectivity index is 1.84. The molecule has 0 bridgehead atoms. The first-order chi connectivity index (χ1) is 12.7. The molecule has 6 heteroatoms. The van der Waals surface area contributed by atoms with Crippen molar-refractivity contribution in [2.24, 2.45) is 0 Å². The lowest BCUT2D eigenvalue weighted by Gasteiger charge is -2.12. The number of hydrogen-bond acceptors (Lipinski definition) is 6. The van der Waals surface area contributed by atoms with Gasteiger partial charge in [0.1, 0.15) is 18.1 Å². The number of ether oxygens (including phenoxy) is 3. The molecule has 0 fully saturated rings. The molecule has 6 nitrogen and oxygen atoms in total. The number of carbonyl (C=O) groups is 1. The Bertz CT molecular complexity index is 895. The molecule has 3 aromatic rings. The molecule has 0 aliphatic rings. The molecule has 0 saturated heterocycles. The van der Waals surface area contributed by atoms with E-state index in [0.717, 1.165) is 22.6 Å². The third-order valence-electron chi connectivity index (χ3n) is 3.85. The molecule has 26 heavy (non-hydrogen) atoms. The Hall–Kier alpha value is -3.41. The van der Waals surface area contributed by atoms with Crippen LogP contribution in [0.4, 0.5) is 0 Å². The van der Waals surface area contributed by atoms with Crippen molar-refractivity contribution < 1.29 is 19.0 Å². The molecule has 132 valence electrons. The molecule has 2 aromatic heterocycles. The Morgan fingerprint density at radius 2 is 1.85 bits per heavy atom.